The normalized spacial score (nSPS) is 9.76. The first-order chi connectivity index (χ1) is 10.1. The molecule has 0 aliphatic heterocycles. The van der Waals surface area contributed by atoms with Gasteiger partial charge in [-0.2, -0.15) is 0 Å². The van der Waals surface area contributed by atoms with Gasteiger partial charge in [0.1, 0.15) is 5.75 Å². The van der Waals surface area contributed by atoms with Gasteiger partial charge in [-0.3, -0.25) is 10.1 Å². The summed E-state index contributed by atoms with van der Waals surface area (Å²) in [5.74, 6) is 0.00954. The van der Waals surface area contributed by atoms with E-state index in [2.05, 4.69) is 26.6 Å². The molecule has 108 valence electrons. The predicted octanol–water partition coefficient (Wildman–Crippen LogP) is 3.18. The minimum absolute atomic E-state index is 0.245. The van der Waals surface area contributed by atoms with E-state index in [1.165, 1.54) is 0 Å². The number of urea groups is 1. The molecular weight excluding hydrogens is 336 g/mol. The van der Waals surface area contributed by atoms with Crippen LogP contribution in [-0.4, -0.2) is 18.5 Å². The molecule has 0 aliphatic rings. The maximum Gasteiger partial charge on any atom is 0.325 e. The van der Waals surface area contributed by atoms with E-state index in [0.29, 0.717) is 11.4 Å². The minimum Gasteiger partial charge on any atom is -0.483 e. The quantitative estimate of drug-likeness (QED) is 0.891. The number of carbonyl (C=O) groups is 2. The highest BCUT2D eigenvalue weighted by atomic mass is 79.9. The first-order valence-corrected chi connectivity index (χ1v) is 6.97. The Balaban J connectivity index is 1.79. The van der Waals surface area contributed by atoms with Crippen LogP contribution in [0.15, 0.2) is 59.1 Å². The maximum atomic E-state index is 11.6. The van der Waals surface area contributed by atoms with Crippen molar-refractivity contribution in [2.24, 2.45) is 0 Å². The zero-order valence-electron chi connectivity index (χ0n) is 11.0. The van der Waals surface area contributed by atoms with E-state index in [1.54, 1.807) is 42.5 Å². The highest BCUT2D eigenvalue weighted by Crippen LogP contribution is 2.23. The van der Waals surface area contributed by atoms with Crippen LogP contribution in [-0.2, 0) is 4.79 Å². The molecule has 0 saturated heterocycles. The lowest BCUT2D eigenvalue weighted by Crippen LogP contribution is -2.37. The summed E-state index contributed by atoms with van der Waals surface area (Å²) in [6.07, 6.45) is 0. The summed E-state index contributed by atoms with van der Waals surface area (Å²) in [6, 6.07) is 15.4. The number of anilines is 1. The zero-order chi connectivity index (χ0) is 15.1. The number of amides is 3. The molecule has 2 aromatic carbocycles. The monoisotopic (exact) mass is 348 g/mol. The Bertz CT molecular complexity index is 632. The summed E-state index contributed by atoms with van der Waals surface area (Å²) in [5.41, 5.74) is 0.606. The fraction of sp³-hybridized carbons (Fsp3) is 0.0667. The summed E-state index contributed by atoms with van der Waals surface area (Å²) in [5, 5.41) is 4.74. The molecule has 0 atom stereocenters. The number of benzene rings is 2. The van der Waals surface area contributed by atoms with Crippen molar-refractivity contribution >= 4 is 33.6 Å². The van der Waals surface area contributed by atoms with E-state index < -0.39 is 11.9 Å². The number of rotatable bonds is 4. The number of carbonyl (C=O) groups excluding carboxylic acids is 2. The molecule has 0 unspecified atom stereocenters. The van der Waals surface area contributed by atoms with Crippen molar-refractivity contribution in [3.63, 3.8) is 0 Å². The molecule has 21 heavy (non-hydrogen) atoms. The molecule has 0 fully saturated rings. The second-order valence-corrected chi connectivity index (χ2v) is 4.94. The smallest absolute Gasteiger partial charge is 0.325 e. The van der Waals surface area contributed by atoms with Crippen LogP contribution in [0.25, 0.3) is 0 Å². The van der Waals surface area contributed by atoms with Gasteiger partial charge in [-0.15, -0.1) is 0 Å². The van der Waals surface area contributed by atoms with Gasteiger partial charge in [0.15, 0.2) is 6.61 Å². The molecule has 0 radical (unpaired) electrons. The average Bonchev–Trinajstić information content (AvgIpc) is 2.47. The summed E-state index contributed by atoms with van der Waals surface area (Å²) >= 11 is 3.31. The van der Waals surface area contributed by atoms with Crippen LogP contribution in [0, 0.1) is 0 Å². The predicted molar refractivity (Wildman–Crippen MR) is 83.2 cm³/mol. The minimum atomic E-state index is -0.595. The van der Waals surface area contributed by atoms with Crippen molar-refractivity contribution in [2.45, 2.75) is 0 Å². The van der Waals surface area contributed by atoms with Crippen molar-refractivity contribution in [2.75, 3.05) is 11.9 Å². The number of ether oxygens (including phenoxy) is 1. The number of nitrogens with one attached hydrogen (secondary N) is 2. The third-order valence-electron chi connectivity index (χ3n) is 2.48. The van der Waals surface area contributed by atoms with Crippen LogP contribution in [0.2, 0.25) is 0 Å². The second-order valence-electron chi connectivity index (χ2n) is 4.09. The van der Waals surface area contributed by atoms with Gasteiger partial charge in [-0.25, -0.2) is 4.79 Å². The summed E-state index contributed by atoms with van der Waals surface area (Å²) in [6.45, 7) is -0.245. The molecule has 0 aliphatic carbocycles. The Hall–Kier alpha value is -2.34. The van der Waals surface area contributed by atoms with E-state index in [4.69, 9.17) is 4.74 Å². The molecule has 6 heteroatoms. The molecular formula is C15H13BrN2O3. The van der Waals surface area contributed by atoms with Crippen LogP contribution < -0.4 is 15.4 Å². The summed E-state index contributed by atoms with van der Waals surface area (Å²) in [4.78, 5) is 23.2. The number of halogens is 1. The topological polar surface area (TPSA) is 67.4 Å². The van der Waals surface area contributed by atoms with Crippen LogP contribution in [0.4, 0.5) is 10.5 Å². The first-order valence-electron chi connectivity index (χ1n) is 6.18. The van der Waals surface area contributed by atoms with Crippen molar-refractivity contribution < 1.29 is 14.3 Å². The second kappa shape index (κ2) is 7.44. The van der Waals surface area contributed by atoms with Gasteiger partial charge in [-0.1, -0.05) is 30.3 Å². The van der Waals surface area contributed by atoms with Crippen molar-refractivity contribution in [1.82, 2.24) is 5.32 Å². The highest BCUT2D eigenvalue weighted by molar-refractivity contribution is 9.10. The number of hydrogen-bond acceptors (Lipinski definition) is 3. The number of hydrogen-bond donors (Lipinski definition) is 2. The Morgan fingerprint density at radius 1 is 1.00 bits per heavy atom. The zero-order valence-corrected chi connectivity index (χ0v) is 12.6. The van der Waals surface area contributed by atoms with Gasteiger partial charge in [0, 0.05) is 5.69 Å². The van der Waals surface area contributed by atoms with E-state index in [0.717, 1.165) is 4.47 Å². The Morgan fingerprint density at radius 2 is 1.67 bits per heavy atom. The largest absolute Gasteiger partial charge is 0.483 e. The van der Waals surface area contributed by atoms with Crippen LogP contribution >= 0.6 is 15.9 Å². The number of imide groups is 1. The van der Waals surface area contributed by atoms with Crippen molar-refractivity contribution in [3.05, 3.63) is 59.1 Å². The molecule has 3 amide bonds. The Labute approximate surface area is 130 Å². The third-order valence-corrected chi connectivity index (χ3v) is 3.14. The third kappa shape index (κ3) is 4.92. The molecule has 5 nitrogen and oxygen atoms in total. The maximum absolute atomic E-state index is 11.6. The Morgan fingerprint density at radius 3 is 2.38 bits per heavy atom. The van der Waals surface area contributed by atoms with E-state index >= 15 is 0 Å². The van der Waals surface area contributed by atoms with Gasteiger partial charge in [0.2, 0.25) is 0 Å². The lowest BCUT2D eigenvalue weighted by molar-refractivity contribution is -0.121. The molecule has 0 heterocycles. The van der Waals surface area contributed by atoms with E-state index in [1.807, 2.05) is 12.1 Å². The molecule has 2 N–H and O–H groups in total. The lowest BCUT2D eigenvalue weighted by Gasteiger charge is -2.09. The molecule has 2 rings (SSSR count). The lowest BCUT2D eigenvalue weighted by atomic mass is 10.3. The highest BCUT2D eigenvalue weighted by Gasteiger charge is 2.09. The van der Waals surface area contributed by atoms with Crippen LogP contribution in [0.3, 0.4) is 0 Å². The van der Waals surface area contributed by atoms with E-state index in [9.17, 15) is 9.59 Å². The standard InChI is InChI=1S/C15H13BrN2O3/c16-12-8-4-5-9-13(12)21-10-14(19)18-15(20)17-11-6-2-1-3-7-11/h1-9H,10H2,(H2,17,18,19,20). The molecule has 0 saturated carbocycles. The van der Waals surface area contributed by atoms with Gasteiger partial charge in [0.25, 0.3) is 5.91 Å². The number of para-hydroxylation sites is 2. The van der Waals surface area contributed by atoms with Gasteiger partial charge >= 0.3 is 6.03 Å². The van der Waals surface area contributed by atoms with Crippen LogP contribution in [0.5, 0.6) is 5.75 Å². The van der Waals surface area contributed by atoms with Crippen molar-refractivity contribution in [1.29, 1.82) is 0 Å². The average molecular weight is 349 g/mol. The van der Waals surface area contributed by atoms with Crippen molar-refractivity contribution in [3.8, 4) is 5.75 Å². The Kier molecular flexibility index (Phi) is 5.34. The van der Waals surface area contributed by atoms with Gasteiger partial charge in [-0.05, 0) is 40.2 Å². The van der Waals surface area contributed by atoms with Gasteiger partial charge in [0.05, 0.1) is 4.47 Å². The fourth-order valence-corrected chi connectivity index (χ4v) is 1.95. The molecule has 0 spiro atoms. The molecule has 0 aromatic heterocycles. The molecule has 2 aromatic rings. The SMILES string of the molecule is O=C(COc1ccccc1Br)NC(=O)Nc1ccccc1. The molecule has 0 bridgehead atoms. The summed E-state index contributed by atoms with van der Waals surface area (Å²) < 4.78 is 6.05. The summed E-state index contributed by atoms with van der Waals surface area (Å²) in [7, 11) is 0. The van der Waals surface area contributed by atoms with E-state index in [-0.39, 0.29) is 6.61 Å². The first kappa shape index (κ1) is 15.1. The van der Waals surface area contributed by atoms with Crippen LogP contribution in [0.1, 0.15) is 0 Å². The fourth-order valence-electron chi connectivity index (χ4n) is 1.55. The van der Waals surface area contributed by atoms with Gasteiger partial charge < -0.3 is 10.1 Å².